The van der Waals surface area contributed by atoms with Crippen molar-refractivity contribution >= 4 is 23.0 Å². The Labute approximate surface area is 156 Å². The number of benzene rings is 3. The van der Waals surface area contributed by atoms with Crippen molar-refractivity contribution in [2.24, 2.45) is 0 Å². The van der Waals surface area contributed by atoms with Gasteiger partial charge in [-0.1, -0.05) is 74.0 Å². The summed E-state index contributed by atoms with van der Waals surface area (Å²) in [6.07, 6.45) is 2.37. The van der Waals surface area contributed by atoms with Crippen molar-refractivity contribution in [2.45, 2.75) is 32.8 Å². The summed E-state index contributed by atoms with van der Waals surface area (Å²) in [5.41, 5.74) is 0. The minimum Gasteiger partial charge on any atom is -0.491 e. The van der Waals surface area contributed by atoms with E-state index in [4.69, 9.17) is 4.74 Å². The van der Waals surface area contributed by atoms with Crippen LogP contribution < -0.4 is 20.7 Å². The lowest BCUT2D eigenvalue weighted by Crippen LogP contribution is -2.24. The summed E-state index contributed by atoms with van der Waals surface area (Å²) < 4.78 is 5.98. The van der Waals surface area contributed by atoms with Crippen LogP contribution in [0.15, 0.2) is 84.9 Å². The Morgan fingerprint density at radius 3 is 1.69 bits per heavy atom. The summed E-state index contributed by atoms with van der Waals surface area (Å²) in [6.45, 7) is 4.27. The zero-order valence-corrected chi connectivity index (χ0v) is 16.3. The summed E-state index contributed by atoms with van der Waals surface area (Å²) in [5, 5.41) is 12.7. The van der Waals surface area contributed by atoms with Gasteiger partial charge in [0, 0.05) is 5.30 Å². The largest absolute Gasteiger partial charge is 0.491 e. The van der Waals surface area contributed by atoms with Crippen LogP contribution in [0, 0.1) is 5.16 Å². The average Bonchev–Trinajstić information content (AvgIpc) is 2.69. The SMILES string of the molecule is CCCC(C)Oc1ccc(P(=N)(c2ccccc2)c2ccccc2)cc1. The van der Waals surface area contributed by atoms with E-state index in [0.29, 0.717) is 0 Å². The molecule has 0 aliphatic heterocycles. The van der Waals surface area contributed by atoms with Gasteiger partial charge in [-0.2, -0.15) is 0 Å². The molecule has 3 rings (SSSR count). The fraction of sp³-hybridized carbons (Fsp3) is 0.217. The van der Waals surface area contributed by atoms with Crippen LogP contribution in [0.5, 0.6) is 5.75 Å². The Bertz CT molecular complexity index is 816. The average molecular weight is 363 g/mol. The second-order valence-electron chi connectivity index (χ2n) is 6.55. The molecule has 26 heavy (non-hydrogen) atoms. The topological polar surface area (TPSA) is 33.1 Å². The summed E-state index contributed by atoms with van der Waals surface area (Å²) in [6, 6.07) is 28.5. The van der Waals surface area contributed by atoms with Crippen LogP contribution in [-0.4, -0.2) is 6.10 Å². The van der Waals surface area contributed by atoms with Crippen molar-refractivity contribution in [3.05, 3.63) is 84.9 Å². The van der Waals surface area contributed by atoms with Crippen LogP contribution in [-0.2, 0) is 0 Å². The zero-order valence-electron chi connectivity index (χ0n) is 15.4. The second-order valence-corrected chi connectivity index (χ2v) is 9.44. The van der Waals surface area contributed by atoms with E-state index in [1.165, 1.54) is 0 Å². The van der Waals surface area contributed by atoms with Gasteiger partial charge in [-0.05, 0) is 48.2 Å². The Morgan fingerprint density at radius 1 is 0.769 bits per heavy atom. The standard InChI is InChI=1S/C23H26NOP/c1-3-10-19(2)25-20-15-17-23(18-16-20)26(24,21-11-6-4-7-12-21)22-13-8-5-9-14-22/h4-9,11-19,24H,3,10H2,1-2H3. The molecule has 0 fully saturated rings. The van der Waals surface area contributed by atoms with Gasteiger partial charge in [-0.25, -0.2) is 0 Å². The van der Waals surface area contributed by atoms with Crippen LogP contribution in [0.2, 0.25) is 0 Å². The third kappa shape index (κ3) is 3.92. The number of rotatable bonds is 7. The first-order chi connectivity index (χ1) is 12.6. The second kappa shape index (κ2) is 8.38. The first-order valence-electron chi connectivity index (χ1n) is 9.17. The maximum absolute atomic E-state index is 9.49. The van der Waals surface area contributed by atoms with Crippen molar-refractivity contribution in [2.75, 3.05) is 0 Å². The Balaban J connectivity index is 2.00. The van der Waals surface area contributed by atoms with Crippen LogP contribution >= 0.6 is 7.05 Å². The third-order valence-corrected chi connectivity index (χ3v) is 7.76. The summed E-state index contributed by atoms with van der Waals surface area (Å²) in [7, 11) is -2.40. The van der Waals surface area contributed by atoms with Gasteiger partial charge in [0.05, 0.1) is 13.2 Å². The normalized spacial score (nSPS) is 12.5. The molecule has 1 atom stereocenters. The molecule has 0 radical (unpaired) electrons. The van der Waals surface area contributed by atoms with E-state index in [2.05, 4.69) is 50.2 Å². The number of nitrogens with one attached hydrogen (secondary N) is 1. The molecule has 0 heterocycles. The van der Waals surface area contributed by atoms with E-state index in [1.807, 2.05) is 48.5 Å². The molecule has 1 unspecified atom stereocenters. The molecular weight excluding hydrogens is 337 g/mol. The summed E-state index contributed by atoms with van der Waals surface area (Å²) in [5.74, 6) is 0.877. The van der Waals surface area contributed by atoms with Crippen LogP contribution in [0.3, 0.4) is 0 Å². The van der Waals surface area contributed by atoms with E-state index < -0.39 is 7.05 Å². The van der Waals surface area contributed by atoms with Gasteiger partial charge in [0.1, 0.15) is 5.75 Å². The zero-order chi connectivity index (χ0) is 18.4. The van der Waals surface area contributed by atoms with E-state index >= 15 is 0 Å². The van der Waals surface area contributed by atoms with Crippen molar-refractivity contribution < 1.29 is 4.74 Å². The molecule has 3 heteroatoms. The Hall–Kier alpha value is -2.31. The number of ether oxygens (including phenoxy) is 1. The van der Waals surface area contributed by atoms with Crippen LogP contribution in [0.1, 0.15) is 26.7 Å². The number of hydrogen-bond donors (Lipinski definition) is 1. The van der Waals surface area contributed by atoms with Gasteiger partial charge in [-0.3, -0.25) is 0 Å². The van der Waals surface area contributed by atoms with E-state index in [1.54, 1.807) is 0 Å². The lowest BCUT2D eigenvalue weighted by atomic mass is 10.2. The molecule has 0 spiro atoms. The molecule has 134 valence electrons. The first-order valence-corrected chi connectivity index (χ1v) is 11.0. The molecule has 0 saturated heterocycles. The van der Waals surface area contributed by atoms with Gasteiger partial charge >= 0.3 is 0 Å². The highest BCUT2D eigenvalue weighted by molar-refractivity contribution is 7.86. The predicted octanol–water partition coefficient (Wildman–Crippen LogP) is 5.31. The molecule has 0 bridgehead atoms. The molecule has 0 aliphatic rings. The summed E-state index contributed by atoms with van der Waals surface area (Å²) in [4.78, 5) is 0. The molecule has 2 nitrogen and oxygen atoms in total. The summed E-state index contributed by atoms with van der Waals surface area (Å²) >= 11 is 0. The maximum atomic E-state index is 9.49. The predicted molar refractivity (Wildman–Crippen MR) is 113 cm³/mol. The fourth-order valence-electron chi connectivity index (χ4n) is 3.20. The molecule has 3 aromatic rings. The van der Waals surface area contributed by atoms with E-state index in [0.717, 1.165) is 34.5 Å². The smallest absolute Gasteiger partial charge is 0.119 e. The van der Waals surface area contributed by atoms with Crippen molar-refractivity contribution in [3.8, 4) is 5.75 Å². The van der Waals surface area contributed by atoms with E-state index in [9.17, 15) is 5.16 Å². The lowest BCUT2D eigenvalue weighted by Gasteiger charge is -2.24. The highest BCUT2D eigenvalue weighted by Gasteiger charge is 2.24. The van der Waals surface area contributed by atoms with Crippen LogP contribution in [0.25, 0.3) is 0 Å². The van der Waals surface area contributed by atoms with Gasteiger partial charge in [0.2, 0.25) is 0 Å². The molecule has 3 aromatic carbocycles. The van der Waals surface area contributed by atoms with Crippen LogP contribution in [0.4, 0.5) is 0 Å². The molecule has 0 amide bonds. The Kier molecular flexibility index (Phi) is 5.96. The molecule has 0 saturated carbocycles. The molecular formula is C23H26NOP. The highest BCUT2D eigenvalue weighted by Crippen LogP contribution is 2.43. The quantitative estimate of drug-likeness (QED) is 0.567. The minimum absolute atomic E-state index is 0.213. The fourth-order valence-corrected chi connectivity index (χ4v) is 5.93. The van der Waals surface area contributed by atoms with E-state index in [-0.39, 0.29) is 6.10 Å². The minimum atomic E-state index is -2.40. The Morgan fingerprint density at radius 2 is 1.23 bits per heavy atom. The number of hydrogen-bond acceptors (Lipinski definition) is 2. The lowest BCUT2D eigenvalue weighted by molar-refractivity contribution is 0.210. The first kappa shape index (κ1) is 18.5. The van der Waals surface area contributed by atoms with Crippen molar-refractivity contribution in [3.63, 3.8) is 0 Å². The van der Waals surface area contributed by atoms with Crippen molar-refractivity contribution in [1.82, 2.24) is 0 Å². The maximum Gasteiger partial charge on any atom is 0.119 e. The van der Waals surface area contributed by atoms with Gasteiger partial charge in [-0.15, -0.1) is 0 Å². The van der Waals surface area contributed by atoms with Gasteiger partial charge < -0.3 is 9.90 Å². The highest BCUT2D eigenvalue weighted by atomic mass is 31.2. The third-order valence-electron chi connectivity index (χ3n) is 4.54. The molecule has 0 aromatic heterocycles. The van der Waals surface area contributed by atoms with Gasteiger partial charge in [0.15, 0.2) is 0 Å². The van der Waals surface area contributed by atoms with Crippen molar-refractivity contribution in [1.29, 1.82) is 5.16 Å². The monoisotopic (exact) mass is 363 g/mol. The molecule has 1 N–H and O–H groups in total. The molecule has 0 aliphatic carbocycles. The van der Waals surface area contributed by atoms with Gasteiger partial charge in [0.25, 0.3) is 0 Å².